The molecule has 30 heavy (non-hydrogen) atoms. The molecule has 3 nitrogen and oxygen atoms in total. The first-order valence-electron chi connectivity index (χ1n) is 10.6. The first-order valence-corrected chi connectivity index (χ1v) is 10.6. The third-order valence-electron chi connectivity index (χ3n) is 4.84. The number of benzene rings is 2. The maximum atomic E-state index is 13.8. The Morgan fingerprint density at radius 3 is 2.23 bits per heavy atom. The molecule has 1 atom stereocenters. The molecule has 0 bridgehead atoms. The topological polar surface area (TPSA) is 38.3 Å². The second kappa shape index (κ2) is 11.1. The number of carbonyl (C=O) groups excluding carboxylic acids is 1. The van der Waals surface area contributed by atoms with E-state index in [2.05, 4.69) is 5.32 Å². The average molecular weight is 418 g/mol. The number of halogens is 2. The summed E-state index contributed by atoms with van der Waals surface area (Å²) in [6.45, 7) is 7.47. The van der Waals surface area contributed by atoms with Gasteiger partial charge in [0, 0.05) is 6.04 Å². The first kappa shape index (κ1) is 23.8. The molecule has 2 aromatic carbocycles. The van der Waals surface area contributed by atoms with Gasteiger partial charge < -0.3 is 10.1 Å². The highest BCUT2D eigenvalue weighted by atomic mass is 19.1. The molecule has 1 amide bonds. The average Bonchev–Trinajstić information content (AvgIpc) is 2.63. The summed E-state index contributed by atoms with van der Waals surface area (Å²) in [4.78, 5) is 11.9. The Hall–Kier alpha value is -2.43. The van der Waals surface area contributed by atoms with Gasteiger partial charge in [0.2, 0.25) is 0 Å². The molecule has 0 aromatic heterocycles. The Balaban J connectivity index is 1.82. The van der Waals surface area contributed by atoms with Crippen LogP contribution in [0, 0.1) is 11.6 Å². The number of aryl methyl sites for hydroxylation is 3. The molecule has 0 fully saturated rings. The highest BCUT2D eigenvalue weighted by Crippen LogP contribution is 2.18. The van der Waals surface area contributed by atoms with E-state index < -0.39 is 11.7 Å². The number of rotatable bonds is 9. The highest BCUT2D eigenvalue weighted by molar-refractivity contribution is 5.68. The third-order valence-corrected chi connectivity index (χ3v) is 4.84. The van der Waals surface area contributed by atoms with Crippen molar-refractivity contribution in [2.75, 3.05) is 0 Å². The van der Waals surface area contributed by atoms with E-state index in [0.717, 1.165) is 55.2 Å². The van der Waals surface area contributed by atoms with Crippen LogP contribution in [0.25, 0.3) is 0 Å². The van der Waals surface area contributed by atoms with Gasteiger partial charge in [-0.3, -0.25) is 0 Å². The Kier molecular flexibility index (Phi) is 8.82. The monoisotopic (exact) mass is 417 g/mol. The Morgan fingerprint density at radius 2 is 1.57 bits per heavy atom. The standard InChI is InChI=1S/C25H33F2NO2/c1-18(28-24(29)30-25(2,3)4)7-5-9-20-13-16-23(27)17-21(20)10-6-8-19-11-14-22(26)15-12-19/h11-18H,5-10H2,1-4H3,(H,28,29). The van der Waals surface area contributed by atoms with Crippen LogP contribution in [0.5, 0.6) is 0 Å². The van der Waals surface area contributed by atoms with Crippen LogP contribution < -0.4 is 5.32 Å². The maximum absolute atomic E-state index is 13.8. The fourth-order valence-electron chi connectivity index (χ4n) is 3.38. The van der Waals surface area contributed by atoms with Crippen molar-refractivity contribution in [3.8, 4) is 0 Å². The third kappa shape index (κ3) is 8.93. The number of nitrogens with one attached hydrogen (secondary N) is 1. The van der Waals surface area contributed by atoms with Crippen LogP contribution in [0.3, 0.4) is 0 Å². The van der Waals surface area contributed by atoms with Crippen molar-refractivity contribution in [3.05, 3.63) is 70.8 Å². The van der Waals surface area contributed by atoms with E-state index in [1.807, 2.05) is 33.8 Å². The van der Waals surface area contributed by atoms with Gasteiger partial charge in [0.15, 0.2) is 0 Å². The minimum Gasteiger partial charge on any atom is -0.444 e. The molecule has 0 heterocycles. The van der Waals surface area contributed by atoms with Crippen LogP contribution in [-0.4, -0.2) is 17.7 Å². The molecule has 0 saturated carbocycles. The van der Waals surface area contributed by atoms with Crippen molar-refractivity contribution in [3.63, 3.8) is 0 Å². The predicted octanol–water partition coefficient (Wildman–Crippen LogP) is 6.38. The molecule has 1 unspecified atom stereocenters. The largest absolute Gasteiger partial charge is 0.444 e. The molecule has 0 spiro atoms. The van der Waals surface area contributed by atoms with Gasteiger partial charge in [-0.1, -0.05) is 18.2 Å². The molecule has 0 aliphatic rings. The minimum atomic E-state index is -0.513. The van der Waals surface area contributed by atoms with Gasteiger partial charge in [0.1, 0.15) is 17.2 Å². The van der Waals surface area contributed by atoms with Crippen LogP contribution in [-0.2, 0) is 24.0 Å². The summed E-state index contributed by atoms with van der Waals surface area (Å²) in [7, 11) is 0. The van der Waals surface area contributed by atoms with Crippen LogP contribution >= 0.6 is 0 Å². The lowest BCUT2D eigenvalue weighted by Gasteiger charge is -2.22. The molecule has 0 radical (unpaired) electrons. The van der Waals surface area contributed by atoms with E-state index in [0.29, 0.717) is 0 Å². The smallest absolute Gasteiger partial charge is 0.407 e. The SMILES string of the molecule is CC(CCCc1ccc(F)cc1CCCc1ccc(F)cc1)NC(=O)OC(C)(C)C. The quantitative estimate of drug-likeness (QED) is 0.514. The zero-order chi connectivity index (χ0) is 22.1. The van der Waals surface area contributed by atoms with Gasteiger partial charge in [-0.05, 0) is 107 Å². The molecule has 2 rings (SSSR count). The van der Waals surface area contributed by atoms with Gasteiger partial charge in [0.25, 0.3) is 0 Å². The second-order valence-corrected chi connectivity index (χ2v) is 8.83. The summed E-state index contributed by atoms with van der Waals surface area (Å²) in [5.74, 6) is -0.461. The van der Waals surface area contributed by atoms with Crippen molar-refractivity contribution < 1.29 is 18.3 Å². The molecule has 164 valence electrons. The van der Waals surface area contributed by atoms with Crippen molar-refractivity contribution in [2.24, 2.45) is 0 Å². The van der Waals surface area contributed by atoms with Crippen molar-refractivity contribution in [2.45, 2.75) is 77.9 Å². The summed E-state index contributed by atoms with van der Waals surface area (Å²) in [6.07, 6.45) is 4.59. The molecule has 0 aliphatic heterocycles. The van der Waals surface area contributed by atoms with E-state index in [9.17, 15) is 13.6 Å². The predicted molar refractivity (Wildman–Crippen MR) is 117 cm³/mol. The second-order valence-electron chi connectivity index (χ2n) is 8.83. The summed E-state index contributed by atoms with van der Waals surface area (Å²) < 4.78 is 32.1. The van der Waals surface area contributed by atoms with Crippen LogP contribution in [0.15, 0.2) is 42.5 Å². The van der Waals surface area contributed by atoms with Crippen molar-refractivity contribution in [1.82, 2.24) is 5.32 Å². The van der Waals surface area contributed by atoms with E-state index in [1.165, 1.54) is 18.2 Å². The number of ether oxygens (including phenoxy) is 1. The van der Waals surface area contributed by atoms with Crippen LogP contribution in [0.4, 0.5) is 13.6 Å². The van der Waals surface area contributed by atoms with E-state index >= 15 is 0 Å². The van der Waals surface area contributed by atoms with E-state index in [1.54, 1.807) is 18.2 Å². The molecule has 1 N–H and O–H groups in total. The van der Waals surface area contributed by atoms with Crippen molar-refractivity contribution in [1.29, 1.82) is 0 Å². The van der Waals surface area contributed by atoms with E-state index in [4.69, 9.17) is 4.74 Å². The number of carbonyl (C=O) groups is 1. The normalized spacial score (nSPS) is 12.5. The van der Waals surface area contributed by atoms with E-state index in [-0.39, 0.29) is 17.7 Å². The Morgan fingerprint density at radius 1 is 0.933 bits per heavy atom. The zero-order valence-corrected chi connectivity index (χ0v) is 18.4. The van der Waals surface area contributed by atoms with Crippen LogP contribution in [0.2, 0.25) is 0 Å². The van der Waals surface area contributed by atoms with Crippen molar-refractivity contribution >= 4 is 6.09 Å². The van der Waals surface area contributed by atoms with Gasteiger partial charge >= 0.3 is 6.09 Å². The first-order chi connectivity index (χ1) is 14.1. The number of hydrogen-bond acceptors (Lipinski definition) is 2. The Bertz CT molecular complexity index is 813. The lowest BCUT2D eigenvalue weighted by molar-refractivity contribution is 0.0506. The van der Waals surface area contributed by atoms with Crippen LogP contribution in [0.1, 0.15) is 63.6 Å². The Labute approximate surface area is 178 Å². The van der Waals surface area contributed by atoms with Gasteiger partial charge in [-0.15, -0.1) is 0 Å². The number of alkyl carbamates (subject to hydrolysis) is 1. The molecular weight excluding hydrogens is 384 g/mol. The number of hydrogen-bond donors (Lipinski definition) is 1. The summed E-state index contributed by atoms with van der Waals surface area (Å²) in [5.41, 5.74) is 2.72. The molecule has 0 aliphatic carbocycles. The fraction of sp³-hybridized carbons (Fsp3) is 0.480. The zero-order valence-electron chi connectivity index (χ0n) is 18.4. The summed E-state index contributed by atoms with van der Waals surface area (Å²) in [5, 5.41) is 2.85. The maximum Gasteiger partial charge on any atom is 0.407 e. The minimum absolute atomic E-state index is 0.00206. The fourth-order valence-corrected chi connectivity index (χ4v) is 3.38. The number of amides is 1. The summed E-state index contributed by atoms with van der Waals surface area (Å²) in [6, 6.07) is 11.5. The molecule has 2 aromatic rings. The highest BCUT2D eigenvalue weighted by Gasteiger charge is 2.17. The lowest BCUT2D eigenvalue weighted by atomic mass is 9.96. The molecule has 5 heteroatoms. The molecule has 0 saturated heterocycles. The van der Waals surface area contributed by atoms with Gasteiger partial charge in [-0.25, -0.2) is 13.6 Å². The molecular formula is C25H33F2NO2. The van der Waals surface area contributed by atoms with Gasteiger partial charge in [-0.2, -0.15) is 0 Å². The van der Waals surface area contributed by atoms with Gasteiger partial charge in [0.05, 0.1) is 0 Å². The lowest BCUT2D eigenvalue weighted by Crippen LogP contribution is -2.37. The summed E-state index contributed by atoms with van der Waals surface area (Å²) >= 11 is 0.